The zero-order chi connectivity index (χ0) is 16.7. The standard InChI is InChI=1S/C11H5F6N5/c12-10(13,14)5-1-6(11(15,16)17)3-7(2-5)22-9(19)8(4-18)20-21-22/h1-3H,19H2. The van der Waals surface area contributed by atoms with E-state index in [-0.39, 0.29) is 6.07 Å². The number of hydrogen-bond donors (Lipinski definition) is 1. The molecule has 116 valence electrons. The van der Waals surface area contributed by atoms with Gasteiger partial charge < -0.3 is 5.73 Å². The van der Waals surface area contributed by atoms with Crippen molar-refractivity contribution < 1.29 is 26.3 Å². The molecule has 0 amide bonds. The van der Waals surface area contributed by atoms with Gasteiger partial charge in [-0.3, -0.25) is 0 Å². The van der Waals surface area contributed by atoms with Crippen LogP contribution in [0.4, 0.5) is 32.2 Å². The van der Waals surface area contributed by atoms with Gasteiger partial charge in [0.2, 0.25) is 5.69 Å². The molecule has 0 radical (unpaired) electrons. The molecule has 1 aromatic heterocycles. The molecule has 1 heterocycles. The number of alkyl halides is 6. The molecule has 2 aromatic rings. The monoisotopic (exact) mass is 321 g/mol. The summed E-state index contributed by atoms with van der Waals surface area (Å²) in [4.78, 5) is 0. The molecule has 0 aliphatic rings. The Morgan fingerprint density at radius 1 is 1.00 bits per heavy atom. The van der Waals surface area contributed by atoms with Crippen LogP contribution in [0.25, 0.3) is 5.69 Å². The number of nitrogens with zero attached hydrogens (tertiary/aromatic N) is 4. The van der Waals surface area contributed by atoms with Gasteiger partial charge in [-0.2, -0.15) is 36.3 Å². The van der Waals surface area contributed by atoms with Crippen molar-refractivity contribution in [1.82, 2.24) is 15.0 Å². The van der Waals surface area contributed by atoms with Gasteiger partial charge >= 0.3 is 12.4 Å². The van der Waals surface area contributed by atoms with Crippen molar-refractivity contribution in [2.24, 2.45) is 0 Å². The molecule has 2 N–H and O–H groups in total. The lowest BCUT2D eigenvalue weighted by atomic mass is 10.1. The molecule has 5 nitrogen and oxygen atoms in total. The highest BCUT2D eigenvalue weighted by atomic mass is 19.4. The minimum absolute atomic E-state index is 0.0260. The van der Waals surface area contributed by atoms with E-state index in [2.05, 4.69) is 10.3 Å². The summed E-state index contributed by atoms with van der Waals surface area (Å²) in [6, 6.07) is 2.35. The van der Waals surface area contributed by atoms with E-state index in [1.165, 1.54) is 6.07 Å². The van der Waals surface area contributed by atoms with E-state index >= 15 is 0 Å². The van der Waals surface area contributed by atoms with Gasteiger partial charge in [0.25, 0.3) is 0 Å². The van der Waals surface area contributed by atoms with E-state index in [0.29, 0.717) is 16.8 Å². The summed E-state index contributed by atoms with van der Waals surface area (Å²) in [7, 11) is 0. The molecule has 0 unspecified atom stereocenters. The average molecular weight is 321 g/mol. The zero-order valence-electron chi connectivity index (χ0n) is 10.4. The minimum Gasteiger partial charge on any atom is -0.381 e. The molecule has 0 atom stereocenters. The number of hydrogen-bond acceptors (Lipinski definition) is 4. The highest BCUT2D eigenvalue weighted by Crippen LogP contribution is 2.37. The number of benzene rings is 1. The maximum Gasteiger partial charge on any atom is 0.416 e. The number of halogens is 6. The molecule has 0 bridgehead atoms. The van der Waals surface area contributed by atoms with Gasteiger partial charge in [-0.1, -0.05) is 5.21 Å². The van der Waals surface area contributed by atoms with Crippen LogP contribution in [0.5, 0.6) is 0 Å². The normalized spacial score (nSPS) is 12.2. The maximum absolute atomic E-state index is 12.7. The highest BCUT2D eigenvalue weighted by Gasteiger charge is 2.37. The summed E-state index contributed by atoms with van der Waals surface area (Å²) in [5.41, 5.74) is 1.36. The largest absolute Gasteiger partial charge is 0.416 e. The lowest BCUT2D eigenvalue weighted by molar-refractivity contribution is -0.143. The number of nitriles is 1. The predicted octanol–water partition coefficient (Wildman–Crippen LogP) is 2.76. The van der Waals surface area contributed by atoms with Gasteiger partial charge in [0.15, 0.2) is 5.82 Å². The van der Waals surface area contributed by atoms with Crippen LogP contribution in [0.3, 0.4) is 0 Å². The van der Waals surface area contributed by atoms with Gasteiger partial charge in [0, 0.05) is 0 Å². The first-order valence-corrected chi connectivity index (χ1v) is 5.45. The van der Waals surface area contributed by atoms with Crippen molar-refractivity contribution in [3.05, 3.63) is 35.0 Å². The summed E-state index contributed by atoms with van der Waals surface area (Å²) in [6.45, 7) is 0. The Hall–Kier alpha value is -2.77. The van der Waals surface area contributed by atoms with Crippen molar-refractivity contribution in [3.8, 4) is 11.8 Å². The van der Waals surface area contributed by atoms with E-state index in [4.69, 9.17) is 11.0 Å². The maximum atomic E-state index is 12.7. The molecule has 0 saturated carbocycles. The molecule has 0 aliphatic carbocycles. The fourth-order valence-electron chi connectivity index (χ4n) is 1.62. The molecule has 0 aliphatic heterocycles. The molecule has 0 spiro atoms. The van der Waals surface area contributed by atoms with Crippen LogP contribution >= 0.6 is 0 Å². The number of nitrogen functional groups attached to an aromatic ring is 1. The number of aromatic nitrogens is 3. The van der Waals surface area contributed by atoms with Crippen LogP contribution < -0.4 is 5.73 Å². The highest BCUT2D eigenvalue weighted by molar-refractivity contribution is 5.51. The number of anilines is 1. The summed E-state index contributed by atoms with van der Waals surface area (Å²) in [5, 5.41) is 15.2. The zero-order valence-corrected chi connectivity index (χ0v) is 10.4. The van der Waals surface area contributed by atoms with E-state index in [1.54, 1.807) is 0 Å². The third kappa shape index (κ3) is 2.80. The van der Waals surface area contributed by atoms with Gasteiger partial charge in [0.1, 0.15) is 6.07 Å². The Labute approximate surface area is 118 Å². The molecule has 2 rings (SSSR count). The SMILES string of the molecule is N#Cc1nnn(-c2cc(C(F)(F)F)cc(C(F)(F)F)c2)c1N. The van der Waals surface area contributed by atoms with Crippen LogP contribution in [0, 0.1) is 11.3 Å². The minimum atomic E-state index is -5.00. The molecule has 0 saturated heterocycles. The Morgan fingerprint density at radius 3 is 1.86 bits per heavy atom. The van der Waals surface area contributed by atoms with Crippen molar-refractivity contribution >= 4 is 5.82 Å². The van der Waals surface area contributed by atoms with E-state index in [9.17, 15) is 26.3 Å². The molecule has 11 heteroatoms. The fourth-order valence-corrected chi connectivity index (χ4v) is 1.62. The molecule has 1 aromatic carbocycles. The Morgan fingerprint density at radius 2 is 1.50 bits per heavy atom. The van der Waals surface area contributed by atoms with E-state index in [1.807, 2.05) is 0 Å². The summed E-state index contributed by atoms with van der Waals surface area (Å²) < 4.78 is 76.9. The lowest BCUT2D eigenvalue weighted by Crippen LogP contribution is -2.13. The van der Waals surface area contributed by atoms with Crippen molar-refractivity contribution in [2.75, 3.05) is 5.73 Å². The summed E-state index contributed by atoms with van der Waals surface area (Å²) in [6.07, 6.45) is -9.99. The third-order valence-corrected chi connectivity index (χ3v) is 2.63. The first kappa shape index (κ1) is 15.6. The van der Waals surface area contributed by atoms with Crippen LogP contribution in [-0.4, -0.2) is 15.0 Å². The summed E-state index contributed by atoms with van der Waals surface area (Å²) in [5.74, 6) is -0.463. The molecular formula is C11H5F6N5. The molecule has 22 heavy (non-hydrogen) atoms. The fraction of sp³-hybridized carbons (Fsp3) is 0.182. The topological polar surface area (TPSA) is 80.5 Å². The third-order valence-electron chi connectivity index (χ3n) is 2.63. The van der Waals surface area contributed by atoms with Crippen LogP contribution in [0.1, 0.15) is 16.8 Å². The number of rotatable bonds is 1. The van der Waals surface area contributed by atoms with Gasteiger partial charge in [-0.15, -0.1) is 5.10 Å². The quantitative estimate of drug-likeness (QED) is 0.819. The molecular weight excluding hydrogens is 316 g/mol. The second-order valence-electron chi connectivity index (χ2n) is 4.11. The second kappa shape index (κ2) is 4.90. The van der Waals surface area contributed by atoms with Gasteiger partial charge in [0.05, 0.1) is 16.8 Å². The molecule has 0 fully saturated rings. The van der Waals surface area contributed by atoms with Crippen LogP contribution in [0.15, 0.2) is 18.2 Å². The second-order valence-corrected chi connectivity index (χ2v) is 4.11. The Balaban J connectivity index is 2.70. The van der Waals surface area contributed by atoms with Crippen molar-refractivity contribution in [1.29, 1.82) is 5.26 Å². The van der Waals surface area contributed by atoms with Crippen molar-refractivity contribution in [2.45, 2.75) is 12.4 Å². The lowest BCUT2D eigenvalue weighted by Gasteiger charge is -2.14. The smallest absolute Gasteiger partial charge is 0.381 e. The van der Waals surface area contributed by atoms with Gasteiger partial charge in [-0.25, -0.2) is 0 Å². The van der Waals surface area contributed by atoms with Crippen LogP contribution in [-0.2, 0) is 12.4 Å². The van der Waals surface area contributed by atoms with Gasteiger partial charge in [-0.05, 0) is 18.2 Å². The van der Waals surface area contributed by atoms with E-state index < -0.39 is 40.7 Å². The first-order valence-electron chi connectivity index (χ1n) is 5.45. The summed E-state index contributed by atoms with van der Waals surface area (Å²) >= 11 is 0. The Kier molecular flexibility index (Phi) is 3.48. The average Bonchev–Trinajstić information content (AvgIpc) is 2.77. The predicted molar refractivity (Wildman–Crippen MR) is 60.5 cm³/mol. The Bertz CT molecular complexity index is 720. The van der Waals surface area contributed by atoms with Crippen molar-refractivity contribution in [3.63, 3.8) is 0 Å². The first-order chi connectivity index (χ1) is 10.0. The van der Waals surface area contributed by atoms with Crippen LogP contribution in [0.2, 0.25) is 0 Å². The van der Waals surface area contributed by atoms with E-state index in [0.717, 1.165) is 0 Å². The number of nitrogens with two attached hydrogens (primary N) is 1.